The fraction of sp³-hybridized carbons (Fsp3) is 0.0400. The maximum absolute atomic E-state index is 2.49. The van der Waals surface area contributed by atoms with Crippen LogP contribution in [0.3, 0.4) is 0 Å². The van der Waals surface area contributed by atoms with Gasteiger partial charge in [-0.1, -0.05) is 328 Å². The number of fused-ring (bicyclic) bond motifs is 19. The fourth-order valence-electron chi connectivity index (χ4n) is 17.9. The number of nitrogens with zero attached hydrogens (tertiary/aromatic N) is 2. The molecule has 0 N–H and O–H groups in total. The number of hydrogen-bond acceptors (Lipinski definition) is 0. The molecule has 0 saturated heterocycles. The molecule has 0 amide bonds. The van der Waals surface area contributed by atoms with Gasteiger partial charge in [-0.3, -0.25) is 0 Å². The summed E-state index contributed by atoms with van der Waals surface area (Å²) in [6, 6.07) is 144. The Hall–Kier alpha value is -12.9. The highest BCUT2D eigenvalue weighted by molar-refractivity contribution is 6.12. The largest absolute Gasteiger partial charge is 0.309 e. The topological polar surface area (TPSA) is 9.86 Å². The van der Waals surface area contributed by atoms with Crippen molar-refractivity contribution in [1.82, 2.24) is 9.13 Å². The van der Waals surface area contributed by atoms with E-state index in [1.165, 1.54) is 177 Å². The van der Waals surface area contributed by atoms with Crippen LogP contribution in [-0.2, 0) is 23.7 Å². The molecule has 2 heterocycles. The van der Waals surface area contributed by atoms with E-state index in [0.717, 1.165) is 12.8 Å². The monoisotopic (exact) mass is 1300 g/mol. The molecular weight excluding hydrogens is 1230 g/mol. The molecule has 0 unspecified atom stereocenters. The molecule has 2 aromatic heterocycles. The molecule has 0 fully saturated rings. The van der Waals surface area contributed by atoms with Gasteiger partial charge in [0.1, 0.15) is 0 Å². The Morgan fingerprint density at radius 2 is 0.480 bits per heavy atom. The van der Waals surface area contributed by atoms with Gasteiger partial charge in [0.25, 0.3) is 0 Å². The Morgan fingerprint density at radius 1 is 0.186 bits per heavy atom. The Morgan fingerprint density at radius 3 is 0.882 bits per heavy atom. The Labute approximate surface area is 594 Å². The molecule has 102 heavy (non-hydrogen) atoms. The van der Waals surface area contributed by atoms with Crippen LogP contribution in [0.15, 0.2) is 388 Å². The standard InChI is InChI=1S/C50H33N.C50H35N/c1-2-12-33(13-3-1)30-34-22-24-35(25-23-34)36-26-29-49-43(31-36)42-17-7-11-21-48(42)51(49)37-27-28-41-40-16-6-10-20-46(40)50(47(41)32-37)44-18-8-4-14-38(44)39-15-5-9-19-45(39)50;1-4-14-35(15-5-1)32-36-24-26-37(27-25-36)38-28-31-49-45(33-38)44-21-11-13-23-48(44)51(49)41-29-30-43-42-20-10-12-22-46(42)50(47(43)34-41,39-16-6-2-7-17-39)40-18-8-3-9-19-40/h1-29,31-32H,30H2;1-31,33-34H,32H2. The van der Waals surface area contributed by atoms with Crippen LogP contribution in [0.2, 0.25) is 0 Å². The molecule has 3 aliphatic carbocycles. The predicted molar refractivity (Wildman–Crippen MR) is 425 cm³/mol. The van der Waals surface area contributed by atoms with Gasteiger partial charge in [0, 0.05) is 32.9 Å². The molecule has 16 aromatic carbocycles. The zero-order valence-electron chi connectivity index (χ0n) is 56.3. The lowest BCUT2D eigenvalue weighted by atomic mass is 9.67. The van der Waals surface area contributed by atoms with Crippen molar-refractivity contribution in [1.29, 1.82) is 0 Å². The van der Waals surface area contributed by atoms with E-state index in [-0.39, 0.29) is 5.41 Å². The third kappa shape index (κ3) is 9.19. The first kappa shape index (κ1) is 59.2. The molecule has 1 spiro atoms. The van der Waals surface area contributed by atoms with Crippen molar-refractivity contribution in [2.45, 2.75) is 23.7 Å². The minimum Gasteiger partial charge on any atom is -0.309 e. The van der Waals surface area contributed by atoms with Gasteiger partial charge in [-0.25, -0.2) is 0 Å². The van der Waals surface area contributed by atoms with Gasteiger partial charge in [-0.05, 0) is 196 Å². The quantitative estimate of drug-likeness (QED) is 0.129. The number of hydrogen-bond donors (Lipinski definition) is 0. The van der Waals surface area contributed by atoms with Gasteiger partial charge in [0.15, 0.2) is 0 Å². The molecule has 0 saturated carbocycles. The lowest BCUT2D eigenvalue weighted by molar-refractivity contribution is 0.767. The van der Waals surface area contributed by atoms with Crippen LogP contribution < -0.4 is 0 Å². The van der Waals surface area contributed by atoms with E-state index in [2.05, 4.69) is 397 Å². The SMILES string of the molecule is c1ccc(Cc2ccc(-c3ccc4c(c3)c3ccccc3n4-c3ccc4c(c3)C(c3ccccc3)(c3ccccc3)c3ccccc3-4)cc2)cc1.c1ccc(Cc2ccc(-c3ccc4c(c3)c3ccccc3n4-c3ccc4c(c3)C3(c5ccccc5-c5ccccc53)c3ccccc3-4)cc2)cc1. The molecule has 2 nitrogen and oxygen atoms in total. The fourth-order valence-corrected chi connectivity index (χ4v) is 17.9. The molecule has 0 atom stereocenters. The van der Waals surface area contributed by atoms with E-state index in [0.29, 0.717) is 0 Å². The Kier molecular flexibility index (Phi) is 13.9. The number of aromatic nitrogens is 2. The summed E-state index contributed by atoms with van der Waals surface area (Å²) in [7, 11) is 0. The van der Waals surface area contributed by atoms with Crippen LogP contribution in [0.25, 0.3) is 111 Å². The molecule has 0 radical (unpaired) electrons. The van der Waals surface area contributed by atoms with E-state index in [1.807, 2.05) is 0 Å². The number of para-hydroxylation sites is 2. The van der Waals surface area contributed by atoms with E-state index < -0.39 is 5.41 Å². The smallest absolute Gasteiger partial charge is 0.0726 e. The molecule has 2 heteroatoms. The van der Waals surface area contributed by atoms with Crippen molar-refractivity contribution < 1.29 is 0 Å². The minimum absolute atomic E-state index is 0.367. The first-order valence-electron chi connectivity index (χ1n) is 35.7. The van der Waals surface area contributed by atoms with E-state index in [4.69, 9.17) is 0 Å². The van der Waals surface area contributed by atoms with E-state index in [1.54, 1.807) is 0 Å². The third-order valence-electron chi connectivity index (χ3n) is 22.4. The van der Waals surface area contributed by atoms with Crippen LogP contribution >= 0.6 is 0 Å². The van der Waals surface area contributed by atoms with Gasteiger partial charge < -0.3 is 9.13 Å². The summed E-state index contributed by atoms with van der Waals surface area (Å²) in [6.45, 7) is 0. The van der Waals surface area contributed by atoms with Crippen LogP contribution in [0.5, 0.6) is 0 Å². The maximum Gasteiger partial charge on any atom is 0.0726 e. The first-order chi connectivity index (χ1) is 50.6. The van der Waals surface area contributed by atoms with Gasteiger partial charge in [-0.15, -0.1) is 0 Å². The van der Waals surface area contributed by atoms with Crippen LogP contribution in [0.1, 0.15) is 66.8 Å². The average molecular weight is 1300 g/mol. The Balaban J connectivity index is 0.000000137. The van der Waals surface area contributed by atoms with Crippen LogP contribution in [0, 0.1) is 0 Å². The summed E-state index contributed by atoms with van der Waals surface area (Å²) >= 11 is 0. The molecule has 21 rings (SSSR count). The van der Waals surface area contributed by atoms with Crippen molar-refractivity contribution in [3.05, 3.63) is 455 Å². The van der Waals surface area contributed by atoms with E-state index >= 15 is 0 Å². The highest BCUT2D eigenvalue weighted by atomic mass is 15.0. The van der Waals surface area contributed by atoms with E-state index in [9.17, 15) is 0 Å². The lowest BCUT2D eigenvalue weighted by Crippen LogP contribution is -2.28. The second-order valence-corrected chi connectivity index (χ2v) is 27.8. The molecule has 18 aromatic rings. The second-order valence-electron chi connectivity index (χ2n) is 27.8. The lowest BCUT2D eigenvalue weighted by Gasteiger charge is -2.34. The predicted octanol–water partition coefficient (Wildman–Crippen LogP) is 24.8. The first-order valence-corrected chi connectivity index (χ1v) is 35.7. The van der Waals surface area contributed by atoms with Gasteiger partial charge in [0.05, 0.1) is 32.9 Å². The Bertz CT molecular complexity index is 5870. The maximum atomic E-state index is 2.49. The van der Waals surface area contributed by atoms with Gasteiger partial charge in [0.2, 0.25) is 0 Å². The highest BCUT2D eigenvalue weighted by Crippen LogP contribution is 2.63. The van der Waals surface area contributed by atoms with Gasteiger partial charge in [-0.2, -0.15) is 0 Å². The minimum atomic E-state index is -0.441. The second kappa shape index (κ2) is 23.9. The highest BCUT2D eigenvalue weighted by Gasteiger charge is 2.52. The summed E-state index contributed by atoms with van der Waals surface area (Å²) in [5.41, 5.74) is 35.2. The summed E-state index contributed by atoms with van der Waals surface area (Å²) < 4.78 is 4.93. The summed E-state index contributed by atoms with van der Waals surface area (Å²) in [4.78, 5) is 0. The zero-order valence-corrected chi connectivity index (χ0v) is 56.3. The third-order valence-corrected chi connectivity index (χ3v) is 22.4. The van der Waals surface area contributed by atoms with Crippen molar-refractivity contribution in [3.8, 4) is 67.0 Å². The molecule has 3 aliphatic rings. The molecule has 478 valence electrons. The molecule has 0 bridgehead atoms. The summed E-state index contributed by atoms with van der Waals surface area (Å²) in [5.74, 6) is 0. The summed E-state index contributed by atoms with van der Waals surface area (Å²) in [6.07, 6.45) is 1.88. The van der Waals surface area contributed by atoms with Crippen molar-refractivity contribution in [2.75, 3.05) is 0 Å². The van der Waals surface area contributed by atoms with Gasteiger partial charge >= 0.3 is 0 Å². The van der Waals surface area contributed by atoms with Crippen molar-refractivity contribution in [3.63, 3.8) is 0 Å². The zero-order chi connectivity index (χ0) is 67.3. The molecular formula is C100H68N2. The summed E-state index contributed by atoms with van der Waals surface area (Å²) in [5, 5.41) is 5.06. The number of rotatable bonds is 10. The van der Waals surface area contributed by atoms with Crippen LogP contribution in [0.4, 0.5) is 0 Å². The van der Waals surface area contributed by atoms with Crippen molar-refractivity contribution in [2.24, 2.45) is 0 Å². The van der Waals surface area contributed by atoms with Crippen molar-refractivity contribution >= 4 is 43.6 Å². The average Bonchev–Trinajstić information content (AvgIpc) is 1.51. The number of benzene rings is 16. The van der Waals surface area contributed by atoms with Crippen LogP contribution in [-0.4, -0.2) is 9.13 Å². The normalized spacial score (nSPS) is 13.1. The molecule has 0 aliphatic heterocycles.